The van der Waals surface area contributed by atoms with Crippen LogP contribution in [0.1, 0.15) is 31.2 Å². The molecule has 1 atom stereocenters. The molecule has 1 aromatic carbocycles. The lowest BCUT2D eigenvalue weighted by Crippen LogP contribution is -2.22. The molecule has 0 amide bonds. The van der Waals surface area contributed by atoms with E-state index in [1.54, 1.807) is 7.11 Å². The van der Waals surface area contributed by atoms with E-state index in [4.69, 9.17) is 4.74 Å². The molecule has 1 aromatic rings. The summed E-state index contributed by atoms with van der Waals surface area (Å²) in [6, 6.07) is 8.15. The fourth-order valence-corrected chi connectivity index (χ4v) is 2.73. The smallest absolute Gasteiger partial charge is 0.136 e. The minimum atomic E-state index is 0.313. The first-order valence-corrected chi connectivity index (χ1v) is 7.03. The van der Waals surface area contributed by atoms with Crippen LogP contribution in [-0.4, -0.2) is 31.4 Å². The van der Waals surface area contributed by atoms with Gasteiger partial charge in [-0.25, -0.2) is 0 Å². The standard InChI is InChI=1S/C16H23NO2/c1-17(10-9-14-6-4-8-16(14)18)12-13-5-3-7-15(11-13)19-2/h3,5,7,11,14H,4,6,8-10,12H2,1-2H3. The van der Waals surface area contributed by atoms with Crippen LogP contribution >= 0.6 is 0 Å². The van der Waals surface area contributed by atoms with Crippen LogP contribution in [0.25, 0.3) is 0 Å². The van der Waals surface area contributed by atoms with E-state index < -0.39 is 0 Å². The molecule has 3 nitrogen and oxygen atoms in total. The summed E-state index contributed by atoms with van der Waals surface area (Å²) in [5.41, 5.74) is 1.25. The Hall–Kier alpha value is -1.35. The molecule has 104 valence electrons. The van der Waals surface area contributed by atoms with Gasteiger partial charge in [0.15, 0.2) is 0 Å². The zero-order chi connectivity index (χ0) is 13.7. The maximum atomic E-state index is 11.6. The Balaban J connectivity index is 1.80. The van der Waals surface area contributed by atoms with Crippen molar-refractivity contribution >= 4 is 5.78 Å². The van der Waals surface area contributed by atoms with Gasteiger partial charge >= 0.3 is 0 Å². The molecule has 1 saturated carbocycles. The summed E-state index contributed by atoms with van der Waals surface area (Å²) in [6.45, 7) is 1.88. The predicted octanol–water partition coefficient (Wildman–Crippen LogP) is 2.89. The second kappa shape index (κ2) is 6.71. The highest BCUT2D eigenvalue weighted by Gasteiger charge is 2.23. The molecule has 1 fully saturated rings. The number of ketones is 1. The summed E-state index contributed by atoms with van der Waals surface area (Å²) in [5.74, 6) is 1.68. The molecule has 0 aliphatic heterocycles. The lowest BCUT2D eigenvalue weighted by atomic mass is 10.0. The first kappa shape index (κ1) is 14.1. The highest BCUT2D eigenvalue weighted by Crippen LogP contribution is 2.24. The number of methoxy groups -OCH3 is 1. The van der Waals surface area contributed by atoms with Crippen molar-refractivity contribution < 1.29 is 9.53 Å². The molecular weight excluding hydrogens is 238 g/mol. The third-order valence-corrected chi connectivity index (χ3v) is 3.88. The van der Waals surface area contributed by atoms with Gasteiger partial charge in [0, 0.05) is 18.9 Å². The summed E-state index contributed by atoms with van der Waals surface area (Å²) in [6.07, 6.45) is 3.97. The normalized spacial score (nSPS) is 19.1. The van der Waals surface area contributed by atoms with E-state index >= 15 is 0 Å². The van der Waals surface area contributed by atoms with Gasteiger partial charge in [0.05, 0.1) is 7.11 Å². The number of benzene rings is 1. The molecule has 0 heterocycles. The van der Waals surface area contributed by atoms with E-state index in [0.29, 0.717) is 11.7 Å². The first-order chi connectivity index (χ1) is 9.19. The van der Waals surface area contributed by atoms with Gasteiger partial charge in [0.25, 0.3) is 0 Å². The number of ether oxygens (including phenoxy) is 1. The van der Waals surface area contributed by atoms with Gasteiger partial charge in [-0.1, -0.05) is 12.1 Å². The summed E-state index contributed by atoms with van der Waals surface area (Å²) < 4.78 is 5.23. The average molecular weight is 261 g/mol. The van der Waals surface area contributed by atoms with Crippen LogP contribution in [0.5, 0.6) is 5.75 Å². The van der Waals surface area contributed by atoms with E-state index in [2.05, 4.69) is 24.1 Å². The van der Waals surface area contributed by atoms with Gasteiger partial charge < -0.3 is 9.64 Å². The Labute approximate surface area is 115 Å². The van der Waals surface area contributed by atoms with Gasteiger partial charge in [-0.15, -0.1) is 0 Å². The number of hydrogen-bond donors (Lipinski definition) is 0. The van der Waals surface area contributed by atoms with Crippen LogP contribution < -0.4 is 4.74 Å². The van der Waals surface area contributed by atoms with Crippen molar-refractivity contribution in [2.24, 2.45) is 5.92 Å². The van der Waals surface area contributed by atoms with Crippen molar-refractivity contribution in [1.29, 1.82) is 0 Å². The van der Waals surface area contributed by atoms with E-state index in [0.717, 1.165) is 44.5 Å². The Kier molecular flexibility index (Phi) is 4.97. The minimum absolute atomic E-state index is 0.313. The summed E-state index contributed by atoms with van der Waals surface area (Å²) in [5, 5.41) is 0. The van der Waals surface area contributed by atoms with Crippen LogP contribution in [0.3, 0.4) is 0 Å². The maximum absolute atomic E-state index is 11.6. The molecule has 1 unspecified atom stereocenters. The number of rotatable bonds is 6. The summed E-state index contributed by atoms with van der Waals surface area (Å²) in [7, 11) is 3.80. The molecule has 0 bridgehead atoms. The van der Waals surface area contributed by atoms with Crippen LogP contribution in [-0.2, 0) is 11.3 Å². The zero-order valence-electron chi connectivity index (χ0n) is 11.9. The van der Waals surface area contributed by atoms with Crippen molar-refractivity contribution in [2.75, 3.05) is 20.7 Å². The van der Waals surface area contributed by atoms with Crippen LogP contribution in [0, 0.1) is 5.92 Å². The molecular formula is C16H23NO2. The van der Waals surface area contributed by atoms with Gasteiger partial charge in [0.2, 0.25) is 0 Å². The predicted molar refractivity (Wildman–Crippen MR) is 76.3 cm³/mol. The monoisotopic (exact) mass is 261 g/mol. The Morgan fingerprint density at radius 3 is 2.95 bits per heavy atom. The number of Topliss-reactive ketones (excluding diaryl/α,β-unsaturated/α-hetero) is 1. The van der Waals surface area contributed by atoms with Gasteiger partial charge in [-0.05, 0) is 50.6 Å². The third kappa shape index (κ3) is 4.06. The molecule has 19 heavy (non-hydrogen) atoms. The molecule has 1 aliphatic carbocycles. The third-order valence-electron chi connectivity index (χ3n) is 3.88. The van der Waals surface area contributed by atoms with Gasteiger partial charge in [-0.3, -0.25) is 4.79 Å². The van der Waals surface area contributed by atoms with Crippen molar-refractivity contribution in [1.82, 2.24) is 4.90 Å². The molecule has 0 spiro atoms. The fourth-order valence-electron chi connectivity index (χ4n) is 2.73. The first-order valence-electron chi connectivity index (χ1n) is 7.03. The van der Waals surface area contributed by atoms with Crippen LogP contribution in [0.15, 0.2) is 24.3 Å². The highest BCUT2D eigenvalue weighted by atomic mass is 16.5. The molecule has 0 radical (unpaired) electrons. The molecule has 2 rings (SSSR count). The number of carbonyl (C=O) groups is 1. The minimum Gasteiger partial charge on any atom is -0.497 e. The summed E-state index contributed by atoms with van der Waals surface area (Å²) >= 11 is 0. The van der Waals surface area contributed by atoms with Gasteiger partial charge in [0.1, 0.15) is 11.5 Å². The lowest BCUT2D eigenvalue weighted by molar-refractivity contribution is -0.120. The molecule has 0 saturated heterocycles. The Morgan fingerprint density at radius 2 is 2.26 bits per heavy atom. The zero-order valence-corrected chi connectivity index (χ0v) is 11.9. The van der Waals surface area contributed by atoms with Gasteiger partial charge in [-0.2, -0.15) is 0 Å². The molecule has 3 heteroatoms. The van der Waals surface area contributed by atoms with E-state index in [1.807, 2.05) is 12.1 Å². The number of carbonyl (C=O) groups excluding carboxylic acids is 1. The van der Waals surface area contributed by atoms with E-state index in [9.17, 15) is 4.79 Å². The molecule has 0 aromatic heterocycles. The maximum Gasteiger partial charge on any atom is 0.136 e. The number of hydrogen-bond acceptors (Lipinski definition) is 3. The van der Waals surface area contributed by atoms with Crippen molar-refractivity contribution in [2.45, 2.75) is 32.2 Å². The van der Waals surface area contributed by atoms with Crippen molar-refractivity contribution in [3.05, 3.63) is 29.8 Å². The average Bonchev–Trinajstić information content (AvgIpc) is 2.82. The van der Waals surface area contributed by atoms with Crippen LogP contribution in [0.4, 0.5) is 0 Å². The SMILES string of the molecule is COc1cccc(CN(C)CCC2CCCC2=O)c1. The second-order valence-corrected chi connectivity index (χ2v) is 5.43. The van der Waals surface area contributed by atoms with E-state index in [1.165, 1.54) is 5.56 Å². The topological polar surface area (TPSA) is 29.5 Å². The Bertz CT molecular complexity index is 431. The quantitative estimate of drug-likeness (QED) is 0.788. The lowest BCUT2D eigenvalue weighted by Gasteiger charge is -2.18. The fraction of sp³-hybridized carbons (Fsp3) is 0.562. The highest BCUT2D eigenvalue weighted by molar-refractivity contribution is 5.82. The Morgan fingerprint density at radius 1 is 1.42 bits per heavy atom. The second-order valence-electron chi connectivity index (χ2n) is 5.43. The van der Waals surface area contributed by atoms with Crippen LogP contribution in [0.2, 0.25) is 0 Å². The summed E-state index contributed by atoms with van der Waals surface area (Å²) in [4.78, 5) is 13.9. The van der Waals surface area contributed by atoms with Crippen molar-refractivity contribution in [3.63, 3.8) is 0 Å². The van der Waals surface area contributed by atoms with Crippen molar-refractivity contribution in [3.8, 4) is 5.75 Å². The molecule has 0 N–H and O–H groups in total. The largest absolute Gasteiger partial charge is 0.497 e. The number of nitrogens with zero attached hydrogens (tertiary/aromatic N) is 1. The van der Waals surface area contributed by atoms with E-state index in [-0.39, 0.29) is 0 Å². The molecule has 1 aliphatic rings.